The fourth-order valence-corrected chi connectivity index (χ4v) is 4.06. The van der Waals surface area contributed by atoms with Crippen molar-refractivity contribution in [2.24, 2.45) is 0 Å². The second-order valence-corrected chi connectivity index (χ2v) is 8.63. The van der Waals surface area contributed by atoms with Gasteiger partial charge in [0.05, 0.1) is 33.9 Å². The zero-order valence-electron chi connectivity index (χ0n) is 20.0. The van der Waals surface area contributed by atoms with Crippen LogP contribution in [0.15, 0.2) is 97.1 Å². The fourth-order valence-electron chi connectivity index (χ4n) is 4.06. The van der Waals surface area contributed by atoms with Gasteiger partial charge in [-0.3, -0.25) is 0 Å². The van der Waals surface area contributed by atoms with Crippen LogP contribution in [0, 0.1) is 0 Å². The maximum Gasteiger partial charge on any atom is 0.335 e. The van der Waals surface area contributed by atoms with E-state index in [1.807, 2.05) is 24.3 Å². The van der Waals surface area contributed by atoms with Crippen molar-refractivity contribution in [3.8, 4) is 45.0 Å². The minimum absolute atomic E-state index is 0.157. The van der Waals surface area contributed by atoms with Crippen LogP contribution in [0.1, 0.15) is 20.7 Å². The summed E-state index contributed by atoms with van der Waals surface area (Å²) in [5.41, 5.74) is 18.4. The Morgan fingerprint density at radius 3 is 0.921 bits per heavy atom. The summed E-state index contributed by atoms with van der Waals surface area (Å²) in [7, 11) is 0. The summed E-state index contributed by atoms with van der Waals surface area (Å²) >= 11 is 0. The minimum atomic E-state index is -1.02. The lowest BCUT2D eigenvalue weighted by Gasteiger charge is -2.16. The van der Waals surface area contributed by atoms with Crippen LogP contribution in [0.3, 0.4) is 0 Å². The summed E-state index contributed by atoms with van der Waals surface area (Å²) in [6, 6.07) is 27.3. The van der Waals surface area contributed by atoms with Crippen LogP contribution in [0.5, 0.6) is 0 Å². The van der Waals surface area contributed by atoms with Crippen molar-refractivity contribution in [2.45, 2.75) is 0 Å². The molecule has 0 saturated carbocycles. The van der Waals surface area contributed by atoms with E-state index in [4.69, 9.17) is 21.4 Å². The number of nitrogens with two attached hydrogens (primary N) is 2. The lowest BCUT2D eigenvalue weighted by atomic mass is 9.98. The number of aromatic nitrogens is 2. The van der Waals surface area contributed by atoms with Gasteiger partial charge in [0.25, 0.3) is 0 Å². The van der Waals surface area contributed by atoms with Crippen LogP contribution in [0.2, 0.25) is 0 Å². The number of hydrogen-bond donors (Lipinski definition) is 4. The molecule has 0 radical (unpaired) electrons. The first kappa shape index (κ1) is 24.2. The molecule has 0 spiro atoms. The Balaban J connectivity index is 1.80. The molecule has 5 rings (SSSR count). The zero-order valence-corrected chi connectivity index (χ0v) is 20.0. The predicted molar refractivity (Wildman–Crippen MR) is 147 cm³/mol. The van der Waals surface area contributed by atoms with Crippen molar-refractivity contribution >= 4 is 23.3 Å². The van der Waals surface area contributed by atoms with Crippen LogP contribution in [-0.2, 0) is 0 Å². The molecule has 0 saturated heterocycles. The number of carboxylic acids is 2. The molecular weight excluding hydrogens is 480 g/mol. The minimum Gasteiger partial charge on any atom is -0.478 e. The molecule has 6 N–H and O–H groups in total. The van der Waals surface area contributed by atoms with E-state index in [1.54, 1.807) is 48.5 Å². The molecule has 0 fully saturated rings. The van der Waals surface area contributed by atoms with E-state index in [1.165, 1.54) is 24.3 Å². The number of nitrogens with zero attached hydrogens (tertiary/aromatic N) is 2. The molecule has 186 valence electrons. The van der Waals surface area contributed by atoms with Crippen LogP contribution in [0.25, 0.3) is 45.0 Å². The normalized spacial score (nSPS) is 10.7. The SMILES string of the molecule is Nc1ccc(-c2nc(-c3ccc(C(=O)O)cc3)c(-c3ccc(N)cc3)nc2-c2ccc(C(=O)O)cc2)cc1. The summed E-state index contributed by atoms with van der Waals surface area (Å²) in [6.07, 6.45) is 0. The number of rotatable bonds is 6. The molecule has 8 heteroatoms. The third-order valence-electron chi connectivity index (χ3n) is 6.07. The molecular formula is C30H22N4O4. The van der Waals surface area contributed by atoms with Crippen LogP contribution < -0.4 is 11.5 Å². The first-order valence-electron chi connectivity index (χ1n) is 11.6. The van der Waals surface area contributed by atoms with Crippen molar-refractivity contribution < 1.29 is 19.8 Å². The first-order chi connectivity index (χ1) is 18.3. The average Bonchev–Trinajstić information content (AvgIpc) is 2.93. The molecule has 38 heavy (non-hydrogen) atoms. The summed E-state index contributed by atoms with van der Waals surface area (Å²) in [6.45, 7) is 0. The fraction of sp³-hybridized carbons (Fsp3) is 0. The average molecular weight is 503 g/mol. The van der Waals surface area contributed by atoms with Crippen molar-refractivity contribution in [1.29, 1.82) is 0 Å². The predicted octanol–water partition coefficient (Wildman–Crippen LogP) is 5.71. The topological polar surface area (TPSA) is 152 Å². The number of carboxylic acid groups (broad SMARTS) is 2. The lowest BCUT2D eigenvalue weighted by molar-refractivity contribution is 0.0686. The maximum absolute atomic E-state index is 11.4. The quantitative estimate of drug-likeness (QED) is 0.216. The lowest BCUT2D eigenvalue weighted by Crippen LogP contribution is -2.02. The first-order valence-corrected chi connectivity index (χ1v) is 11.6. The molecule has 0 bridgehead atoms. The summed E-state index contributed by atoms with van der Waals surface area (Å²) in [5.74, 6) is -2.05. The number of hydrogen-bond acceptors (Lipinski definition) is 6. The van der Waals surface area contributed by atoms with Gasteiger partial charge in [-0.2, -0.15) is 0 Å². The Labute approximate surface area is 217 Å². The summed E-state index contributed by atoms with van der Waals surface area (Å²) in [4.78, 5) is 32.9. The van der Waals surface area contributed by atoms with Crippen molar-refractivity contribution in [3.05, 3.63) is 108 Å². The monoisotopic (exact) mass is 502 g/mol. The Morgan fingerprint density at radius 1 is 0.447 bits per heavy atom. The van der Waals surface area contributed by atoms with Gasteiger partial charge in [-0.15, -0.1) is 0 Å². The van der Waals surface area contributed by atoms with E-state index in [-0.39, 0.29) is 11.1 Å². The van der Waals surface area contributed by atoms with Gasteiger partial charge in [-0.1, -0.05) is 48.5 Å². The molecule has 1 heterocycles. The molecule has 0 atom stereocenters. The van der Waals surface area contributed by atoms with Crippen molar-refractivity contribution in [2.75, 3.05) is 11.5 Å². The second kappa shape index (κ2) is 9.87. The maximum atomic E-state index is 11.4. The highest BCUT2D eigenvalue weighted by Crippen LogP contribution is 2.37. The Bertz CT molecular complexity index is 1520. The third kappa shape index (κ3) is 4.78. The van der Waals surface area contributed by atoms with Crippen molar-refractivity contribution in [3.63, 3.8) is 0 Å². The van der Waals surface area contributed by atoms with E-state index >= 15 is 0 Å². The smallest absolute Gasteiger partial charge is 0.335 e. The highest BCUT2D eigenvalue weighted by atomic mass is 16.4. The van der Waals surface area contributed by atoms with Gasteiger partial charge >= 0.3 is 11.9 Å². The van der Waals surface area contributed by atoms with E-state index in [9.17, 15) is 19.8 Å². The number of carbonyl (C=O) groups is 2. The Kier molecular flexibility index (Phi) is 6.28. The Morgan fingerprint density at radius 2 is 0.684 bits per heavy atom. The molecule has 0 aliphatic rings. The highest BCUT2D eigenvalue weighted by Gasteiger charge is 2.20. The molecule has 0 aliphatic heterocycles. The molecule has 0 unspecified atom stereocenters. The van der Waals surface area contributed by atoms with E-state index in [0.717, 1.165) is 11.1 Å². The molecule has 5 aromatic rings. The third-order valence-corrected chi connectivity index (χ3v) is 6.07. The van der Waals surface area contributed by atoms with E-state index in [2.05, 4.69) is 0 Å². The van der Waals surface area contributed by atoms with E-state index < -0.39 is 11.9 Å². The molecule has 0 aliphatic carbocycles. The van der Waals surface area contributed by atoms with Gasteiger partial charge in [0.15, 0.2) is 0 Å². The van der Waals surface area contributed by atoms with Gasteiger partial charge in [0, 0.05) is 33.6 Å². The molecule has 1 aromatic heterocycles. The van der Waals surface area contributed by atoms with E-state index in [0.29, 0.717) is 45.3 Å². The number of benzene rings is 4. The van der Waals surface area contributed by atoms with Gasteiger partial charge in [-0.25, -0.2) is 19.6 Å². The molecule has 8 nitrogen and oxygen atoms in total. The number of anilines is 2. The zero-order chi connectivity index (χ0) is 26.8. The van der Waals surface area contributed by atoms with Crippen LogP contribution in [0.4, 0.5) is 11.4 Å². The molecule has 0 amide bonds. The van der Waals surface area contributed by atoms with Gasteiger partial charge < -0.3 is 21.7 Å². The molecule has 4 aromatic carbocycles. The van der Waals surface area contributed by atoms with Crippen LogP contribution in [-0.4, -0.2) is 32.1 Å². The Hall–Kier alpha value is -5.50. The summed E-state index contributed by atoms with van der Waals surface area (Å²) < 4.78 is 0. The second-order valence-electron chi connectivity index (χ2n) is 8.63. The standard InChI is InChI=1S/C30H22N4O4/c31-23-13-9-19(10-14-23)27-25(17-1-5-21(6-2-17)29(35)36)33-28(20-11-15-24(32)16-12-20)26(34-27)18-3-7-22(8-4-18)30(37)38/h1-16H,31-32H2,(H,35,36)(H,37,38). The van der Waals surface area contributed by atoms with Gasteiger partial charge in [0.2, 0.25) is 0 Å². The van der Waals surface area contributed by atoms with Gasteiger partial charge in [-0.05, 0) is 48.5 Å². The van der Waals surface area contributed by atoms with Crippen LogP contribution >= 0.6 is 0 Å². The number of nitrogen functional groups attached to an aromatic ring is 2. The van der Waals surface area contributed by atoms with Gasteiger partial charge in [0.1, 0.15) is 0 Å². The summed E-state index contributed by atoms with van der Waals surface area (Å²) in [5, 5.41) is 18.7. The highest BCUT2D eigenvalue weighted by molar-refractivity contribution is 5.91. The largest absolute Gasteiger partial charge is 0.478 e. The number of aromatic carboxylic acids is 2. The van der Waals surface area contributed by atoms with Crippen molar-refractivity contribution in [1.82, 2.24) is 9.97 Å².